The number of anilines is 1. The van der Waals surface area contributed by atoms with E-state index in [-0.39, 0.29) is 11.9 Å². The number of amides is 1. The molecule has 24 heavy (non-hydrogen) atoms. The Balaban J connectivity index is 1.42. The maximum absolute atomic E-state index is 12.4. The van der Waals surface area contributed by atoms with Gasteiger partial charge >= 0.3 is 0 Å². The van der Waals surface area contributed by atoms with E-state index in [1.807, 2.05) is 42.4 Å². The molecular formula is C17H25N5OS. The topological polar surface area (TPSA) is 63.1 Å². The summed E-state index contributed by atoms with van der Waals surface area (Å²) in [6.07, 6.45) is 7.30. The highest BCUT2D eigenvalue weighted by Gasteiger charge is 2.26. The molecule has 0 saturated carbocycles. The predicted molar refractivity (Wildman–Crippen MR) is 96.1 cm³/mol. The first-order valence-corrected chi connectivity index (χ1v) is 9.44. The molecule has 130 valence electrons. The van der Waals surface area contributed by atoms with Crippen LogP contribution in [-0.4, -0.2) is 44.7 Å². The second-order valence-corrected chi connectivity index (χ2v) is 7.35. The highest BCUT2D eigenvalue weighted by molar-refractivity contribution is 7.13. The molecule has 2 aromatic rings. The van der Waals surface area contributed by atoms with Crippen molar-refractivity contribution >= 4 is 22.4 Å². The Morgan fingerprint density at radius 1 is 1.46 bits per heavy atom. The van der Waals surface area contributed by atoms with Gasteiger partial charge in [-0.3, -0.25) is 14.4 Å². The van der Waals surface area contributed by atoms with E-state index in [0.717, 1.165) is 50.5 Å². The van der Waals surface area contributed by atoms with Crippen molar-refractivity contribution in [2.45, 2.75) is 45.7 Å². The largest absolute Gasteiger partial charge is 0.301 e. The number of nitrogens with zero attached hydrogens (tertiary/aromatic N) is 4. The van der Waals surface area contributed by atoms with E-state index >= 15 is 0 Å². The standard InChI is InChI=1S/C17H25N5OS/c1-13-12-24-17(19-13)20-16(23)14(2)21-9-4-15(5-10-21)6-11-22-8-3-7-18-22/h3,7-8,12,14-15H,4-6,9-11H2,1-2H3,(H,19,20,23)/t14-/m1/s1. The average molecular weight is 347 g/mol. The van der Waals surface area contributed by atoms with Crippen LogP contribution >= 0.6 is 11.3 Å². The number of hydrogen-bond acceptors (Lipinski definition) is 5. The molecule has 1 saturated heterocycles. The summed E-state index contributed by atoms with van der Waals surface area (Å²) < 4.78 is 2.00. The van der Waals surface area contributed by atoms with Crippen LogP contribution < -0.4 is 5.32 Å². The number of thiazole rings is 1. The summed E-state index contributed by atoms with van der Waals surface area (Å²) in [7, 11) is 0. The summed E-state index contributed by atoms with van der Waals surface area (Å²) in [6, 6.07) is 1.86. The predicted octanol–water partition coefficient (Wildman–Crippen LogP) is 2.78. The molecule has 1 fully saturated rings. The van der Waals surface area contributed by atoms with Crippen molar-refractivity contribution < 1.29 is 4.79 Å². The molecule has 1 aliphatic rings. The van der Waals surface area contributed by atoms with Gasteiger partial charge in [-0.05, 0) is 58.2 Å². The molecule has 1 aliphatic heterocycles. The van der Waals surface area contributed by atoms with Crippen LogP contribution in [0.1, 0.15) is 31.9 Å². The molecule has 6 nitrogen and oxygen atoms in total. The highest BCUT2D eigenvalue weighted by Crippen LogP contribution is 2.23. The van der Waals surface area contributed by atoms with Gasteiger partial charge in [0.25, 0.3) is 0 Å². The molecule has 0 radical (unpaired) electrons. The normalized spacial score (nSPS) is 17.8. The van der Waals surface area contributed by atoms with Crippen molar-refractivity contribution in [3.05, 3.63) is 29.5 Å². The van der Waals surface area contributed by atoms with Gasteiger partial charge in [0.05, 0.1) is 11.7 Å². The van der Waals surface area contributed by atoms with E-state index < -0.39 is 0 Å². The summed E-state index contributed by atoms with van der Waals surface area (Å²) >= 11 is 1.48. The van der Waals surface area contributed by atoms with Gasteiger partial charge in [0.15, 0.2) is 5.13 Å². The average Bonchev–Trinajstić information content (AvgIpc) is 3.24. The van der Waals surface area contributed by atoms with Crippen LogP contribution in [0.5, 0.6) is 0 Å². The van der Waals surface area contributed by atoms with Gasteiger partial charge in [0, 0.05) is 24.3 Å². The first-order valence-electron chi connectivity index (χ1n) is 8.56. The van der Waals surface area contributed by atoms with Crippen LogP contribution in [0.4, 0.5) is 5.13 Å². The Kier molecular flexibility index (Phi) is 5.63. The van der Waals surface area contributed by atoms with Crippen LogP contribution in [0.15, 0.2) is 23.8 Å². The fourth-order valence-electron chi connectivity index (χ4n) is 3.16. The van der Waals surface area contributed by atoms with E-state index in [1.165, 1.54) is 11.3 Å². The van der Waals surface area contributed by atoms with Gasteiger partial charge < -0.3 is 5.32 Å². The zero-order chi connectivity index (χ0) is 16.9. The maximum atomic E-state index is 12.4. The van der Waals surface area contributed by atoms with Crippen LogP contribution in [0.2, 0.25) is 0 Å². The summed E-state index contributed by atoms with van der Waals surface area (Å²) in [5, 5.41) is 9.83. The molecule has 2 aromatic heterocycles. The Labute approximate surface area is 146 Å². The first kappa shape index (κ1) is 17.1. The van der Waals surface area contributed by atoms with Crippen LogP contribution in [-0.2, 0) is 11.3 Å². The monoisotopic (exact) mass is 347 g/mol. The molecule has 0 aliphatic carbocycles. The van der Waals surface area contributed by atoms with E-state index in [0.29, 0.717) is 5.13 Å². The maximum Gasteiger partial charge on any atom is 0.243 e. The van der Waals surface area contributed by atoms with Crippen molar-refractivity contribution in [2.75, 3.05) is 18.4 Å². The number of carbonyl (C=O) groups excluding carboxylic acids is 1. The second kappa shape index (κ2) is 7.90. The lowest BCUT2D eigenvalue weighted by molar-refractivity contribution is -0.121. The van der Waals surface area contributed by atoms with Gasteiger partial charge in [-0.25, -0.2) is 4.98 Å². The van der Waals surface area contributed by atoms with E-state index in [2.05, 4.69) is 20.3 Å². The first-order chi connectivity index (χ1) is 11.6. The third-order valence-electron chi connectivity index (χ3n) is 4.75. The summed E-state index contributed by atoms with van der Waals surface area (Å²) in [5.41, 5.74) is 0.945. The second-order valence-electron chi connectivity index (χ2n) is 6.50. The number of likely N-dealkylation sites (tertiary alicyclic amines) is 1. The van der Waals surface area contributed by atoms with E-state index in [9.17, 15) is 4.79 Å². The molecule has 0 unspecified atom stereocenters. The molecule has 7 heteroatoms. The number of aromatic nitrogens is 3. The highest BCUT2D eigenvalue weighted by atomic mass is 32.1. The van der Waals surface area contributed by atoms with Crippen LogP contribution in [0.3, 0.4) is 0 Å². The molecule has 1 amide bonds. The lowest BCUT2D eigenvalue weighted by atomic mass is 9.93. The molecule has 3 rings (SSSR count). The summed E-state index contributed by atoms with van der Waals surface area (Å²) in [4.78, 5) is 19.0. The van der Waals surface area contributed by atoms with Gasteiger partial charge in [0.2, 0.25) is 5.91 Å². The van der Waals surface area contributed by atoms with Gasteiger partial charge in [0.1, 0.15) is 0 Å². The zero-order valence-corrected chi connectivity index (χ0v) is 15.1. The van der Waals surface area contributed by atoms with Gasteiger partial charge in [-0.15, -0.1) is 11.3 Å². The minimum Gasteiger partial charge on any atom is -0.301 e. The summed E-state index contributed by atoms with van der Waals surface area (Å²) in [5.74, 6) is 0.765. The molecular weight excluding hydrogens is 322 g/mol. The van der Waals surface area contributed by atoms with Crippen molar-refractivity contribution in [3.8, 4) is 0 Å². The quantitative estimate of drug-likeness (QED) is 0.873. The minimum atomic E-state index is -0.110. The minimum absolute atomic E-state index is 0.0411. The van der Waals surface area contributed by atoms with Crippen molar-refractivity contribution in [3.63, 3.8) is 0 Å². The van der Waals surface area contributed by atoms with E-state index in [4.69, 9.17) is 0 Å². The summed E-state index contributed by atoms with van der Waals surface area (Å²) in [6.45, 7) is 6.87. The number of carbonyl (C=O) groups is 1. The third-order valence-corrected chi connectivity index (χ3v) is 5.63. The Morgan fingerprint density at radius 2 is 2.25 bits per heavy atom. The SMILES string of the molecule is Cc1csc(NC(=O)[C@@H](C)N2CCC(CCn3cccn3)CC2)n1. The smallest absolute Gasteiger partial charge is 0.243 e. The fourth-order valence-corrected chi connectivity index (χ4v) is 3.85. The number of aryl methyl sites for hydroxylation is 2. The number of hydrogen-bond donors (Lipinski definition) is 1. The number of nitrogens with one attached hydrogen (secondary N) is 1. The molecule has 1 atom stereocenters. The fraction of sp³-hybridized carbons (Fsp3) is 0.588. The number of piperidine rings is 1. The van der Waals surface area contributed by atoms with Crippen LogP contribution in [0, 0.1) is 12.8 Å². The lowest BCUT2D eigenvalue weighted by Crippen LogP contribution is -2.46. The zero-order valence-electron chi connectivity index (χ0n) is 14.3. The molecule has 0 bridgehead atoms. The Bertz CT molecular complexity index is 646. The van der Waals surface area contributed by atoms with Crippen molar-refractivity contribution in [1.29, 1.82) is 0 Å². The molecule has 0 spiro atoms. The molecule has 0 aromatic carbocycles. The Hall–Kier alpha value is -1.73. The van der Waals surface area contributed by atoms with Gasteiger partial charge in [-0.1, -0.05) is 0 Å². The van der Waals surface area contributed by atoms with Gasteiger partial charge in [-0.2, -0.15) is 5.10 Å². The van der Waals surface area contributed by atoms with Crippen molar-refractivity contribution in [1.82, 2.24) is 19.7 Å². The van der Waals surface area contributed by atoms with Crippen LogP contribution in [0.25, 0.3) is 0 Å². The number of rotatable bonds is 6. The van der Waals surface area contributed by atoms with Crippen molar-refractivity contribution in [2.24, 2.45) is 5.92 Å². The molecule has 1 N–H and O–H groups in total. The lowest BCUT2D eigenvalue weighted by Gasteiger charge is -2.35. The molecule has 3 heterocycles. The van der Waals surface area contributed by atoms with E-state index in [1.54, 1.807) is 0 Å². The third kappa shape index (κ3) is 4.42. The Morgan fingerprint density at radius 3 is 2.88 bits per heavy atom.